The van der Waals surface area contributed by atoms with Gasteiger partial charge in [0.1, 0.15) is 10.9 Å². The highest BCUT2D eigenvalue weighted by molar-refractivity contribution is 6.32. The number of benzene rings is 1. The maximum Gasteiger partial charge on any atom is 0.338 e. The lowest BCUT2D eigenvalue weighted by Crippen LogP contribution is -1.99. The van der Waals surface area contributed by atoms with Gasteiger partial charge in [-0.1, -0.05) is 23.7 Å². The van der Waals surface area contributed by atoms with E-state index < -0.39 is 5.97 Å². The number of carboxylic acids is 1. The fourth-order valence-corrected chi connectivity index (χ4v) is 1.59. The monoisotopic (exact) mass is 249 g/mol. The van der Waals surface area contributed by atoms with Crippen molar-refractivity contribution in [2.45, 2.75) is 0 Å². The number of aromatic hydroxyl groups is 1. The van der Waals surface area contributed by atoms with Crippen molar-refractivity contribution >= 4 is 17.6 Å². The van der Waals surface area contributed by atoms with Gasteiger partial charge in [-0.25, -0.2) is 9.78 Å². The number of nitrogens with zero attached hydrogens (tertiary/aromatic N) is 1. The summed E-state index contributed by atoms with van der Waals surface area (Å²) in [5.74, 6) is -0.975. The highest BCUT2D eigenvalue weighted by Crippen LogP contribution is 2.24. The third-order valence-corrected chi connectivity index (χ3v) is 2.57. The Labute approximate surface area is 102 Å². The number of phenols is 1. The number of rotatable bonds is 2. The first-order valence-corrected chi connectivity index (χ1v) is 5.14. The molecule has 5 heteroatoms. The molecule has 0 bridgehead atoms. The number of phenolic OH excluding ortho intramolecular Hbond substituents is 1. The fraction of sp³-hybridized carbons (Fsp3) is 0. The molecule has 17 heavy (non-hydrogen) atoms. The first-order chi connectivity index (χ1) is 8.08. The second-order valence-electron chi connectivity index (χ2n) is 3.41. The zero-order valence-electron chi connectivity index (χ0n) is 8.59. The van der Waals surface area contributed by atoms with Crippen LogP contribution in [0, 0.1) is 0 Å². The minimum atomic E-state index is -1.12. The van der Waals surface area contributed by atoms with E-state index in [1.165, 1.54) is 24.4 Å². The summed E-state index contributed by atoms with van der Waals surface area (Å²) in [6, 6.07) is 7.83. The molecule has 0 aliphatic carbocycles. The molecule has 1 aromatic carbocycles. The van der Waals surface area contributed by atoms with Crippen molar-refractivity contribution < 1.29 is 15.0 Å². The van der Waals surface area contributed by atoms with Gasteiger partial charge in [0.2, 0.25) is 0 Å². The molecule has 2 aromatic rings. The first-order valence-electron chi connectivity index (χ1n) is 4.76. The third kappa shape index (κ3) is 2.37. The number of carboxylic acid groups (broad SMARTS) is 1. The van der Waals surface area contributed by atoms with E-state index in [-0.39, 0.29) is 16.5 Å². The van der Waals surface area contributed by atoms with Gasteiger partial charge in [-0.3, -0.25) is 0 Å². The van der Waals surface area contributed by atoms with Crippen LogP contribution in [0.1, 0.15) is 10.4 Å². The summed E-state index contributed by atoms with van der Waals surface area (Å²) < 4.78 is 0. The smallest absolute Gasteiger partial charge is 0.338 e. The van der Waals surface area contributed by atoms with Crippen molar-refractivity contribution in [3.05, 3.63) is 47.2 Å². The molecule has 0 aliphatic rings. The largest absolute Gasteiger partial charge is 0.508 e. The molecule has 4 nitrogen and oxygen atoms in total. The molecule has 1 heterocycles. The van der Waals surface area contributed by atoms with Crippen LogP contribution in [0.25, 0.3) is 11.1 Å². The Morgan fingerprint density at radius 1 is 1.18 bits per heavy atom. The molecule has 0 fully saturated rings. The predicted molar refractivity (Wildman–Crippen MR) is 63.3 cm³/mol. The van der Waals surface area contributed by atoms with Gasteiger partial charge in [0.25, 0.3) is 0 Å². The standard InChI is InChI=1S/C12H8ClNO3/c13-11-10(12(16)17)5-8(6-14-11)7-1-3-9(15)4-2-7/h1-6,15H,(H,16,17). The van der Waals surface area contributed by atoms with Crippen LogP contribution in [-0.4, -0.2) is 21.2 Å². The molecule has 2 N–H and O–H groups in total. The summed E-state index contributed by atoms with van der Waals surface area (Å²) in [5.41, 5.74) is 1.35. The van der Waals surface area contributed by atoms with E-state index in [4.69, 9.17) is 21.8 Å². The van der Waals surface area contributed by atoms with Gasteiger partial charge in [-0.15, -0.1) is 0 Å². The van der Waals surface area contributed by atoms with Gasteiger partial charge in [0.05, 0.1) is 5.56 Å². The topological polar surface area (TPSA) is 70.4 Å². The molecule has 0 amide bonds. The Bertz CT molecular complexity index is 566. The van der Waals surface area contributed by atoms with E-state index in [1.807, 2.05) is 0 Å². The molecule has 0 saturated carbocycles. The van der Waals surface area contributed by atoms with Gasteiger partial charge in [-0.2, -0.15) is 0 Å². The zero-order chi connectivity index (χ0) is 12.4. The number of carbonyl (C=O) groups is 1. The number of hydrogen-bond donors (Lipinski definition) is 2. The average Bonchev–Trinajstić information content (AvgIpc) is 2.30. The quantitative estimate of drug-likeness (QED) is 0.803. The first kappa shape index (κ1) is 11.4. The van der Waals surface area contributed by atoms with E-state index in [1.54, 1.807) is 12.1 Å². The minimum absolute atomic E-state index is 0.0416. The Kier molecular flexibility index (Phi) is 2.97. The lowest BCUT2D eigenvalue weighted by molar-refractivity contribution is 0.0696. The number of halogens is 1. The molecule has 0 unspecified atom stereocenters. The molecule has 1 aromatic heterocycles. The number of aromatic nitrogens is 1. The lowest BCUT2D eigenvalue weighted by atomic mass is 10.1. The highest BCUT2D eigenvalue weighted by atomic mass is 35.5. The van der Waals surface area contributed by atoms with E-state index in [9.17, 15) is 4.79 Å². The van der Waals surface area contributed by atoms with Crippen LogP contribution in [0.15, 0.2) is 36.5 Å². The minimum Gasteiger partial charge on any atom is -0.508 e. The van der Waals surface area contributed by atoms with E-state index in [0.717, 1.165) is 5.56 Å². The second-order valence-corrected chi connectivity index (χ2v) is 3.77. The third-order valence-electron chi connectivity index (χ3n) is 2.27. The van der Waals surface area contributed by atoms with Gasteiger partial charge >= 0.3 is 5.97 Å². The average molecular weight is 250 g/mol. The summed E-state index contributed by atoms with van der Waals surface area (Å²) in [6.07, 6.45) is 1.49. The molecule has 2 rings (SSSR count). The van der Waals surface area contributed by atoms with Crippen molar-refractivity contribution in [3.8, 4) is 16.9 Å². The lowest BCUT2D eigenvalue weighted by Gasteiger charge is -2.04. The molecule has 86 valence electrons. The number of aromatic carboxylic acids is 1. The van der Waals surface area contributed by atoms with Gasteiger partial charge in [0, 0.05) is 11.8 Å². The van der Waals surface area contributed by atoms with E-state index >= 15 is 0 Å². The number of hydrogen-bond acceptors (Lipinski definition) is 3. The van der Waals surface area contributed by atoms with Crippen molar-refractivity contribution in [3.63, 3.8) is 0 Å². The summed E-state index contributed by atoms with van der Waals surface area (Å²) in [5, 5.41) is 18.0. The van der Waals surface area contributed by atoms with Crippen LogP contribution in [0.2, 0.25) is 5.15 Å². The van der Waals surface area contributed by atoms with Crippen LogP contribution >= 0.6 is 11.6 Å². The van der Waals surface area contributed by atoms with Gasteiger partial charge in [0.15, 0.2) is 0 Å². The SMILES string of the molecule is O=C(O)c1cc(-c2ccc(O)cc2)cnc1Cl. The zero-order valence-corrected chi connectivity index (χ0v) is 9.35. The van der Waals surface area contributed by atoms with Crippen molar-refractivity contribution in [1.82, 2.24) is 4.98 Å². The van der Waals surface area contributed by atoms with Crippen molar-refractivity contribution in [2.75, 3.05) is 0 Å². The predicted octanol–water partition coefficient (Wildman–Crippen LogP) is 2.81. The van der Waals surface area contributed by atoms with E-state index in [2.05, 4.69) is 4.98 Å². The van der Waals surface area contributed by atoms with Crippen molar-refractivity contribution in [2.24, 2.45) is 0 Å². The van der Waals surface area contributed by atoms with Crippen LogP contribution in [-0.2, 0) is 0 Å². The van der Waals surface area contributed by atoms with E-state index in [0.29, 0.717) is 5.56 Å². The summed E-state index contributed by atoms with van der Waals surface area (Å²) in [4.78, 5) is 14.7. The van der Waals surface area contributed by atoms with Gasteiger partial charge < -0.3 is 10.2 Å². The Balaban J connectivity index is 2.50. The summed E-state index contributed by atoms with van der Waals surface area (Å²) in [7, 11) is 0. The molecule has 0 spiro atoms. The maximum absolute atomic E-state index is 10.9. The van der Waals surface area contributed by atoms with Crippen molar-refractivity contribution in [1.29, 1.82) is 0 Å². The summed E-state index contributed by atoms with van der Waals surface area (Å²) in [6.45, 7) is 0. The van der Waals surface area contributed by atoms with Gasteiger partial charge in [-0.05, 0) is 23.8 Å². The maximum atomic E-state index is 10.9. The Morgan fingerprint density at radius 3 is 2.41 bits per heavy atom. The van der Waals surface area contributed by atoms with Crippen LogP contribution in [0.3, 0.4) is 0 Å². The highest BCUT2D eigenvalue weighted by Gasteiger charge is 2.11. The molecular weight excluding hydrogens is 242 g/mol. The Hall–Kier alpha value is -2.07. The molecule has 0 saturated heterocycles. The van der Waals surface area contributed by atoms with Crippen LogP contribution < -0.4 is 0 Å². The second kappa shape index (κ2) is 4.43. The Morgan fingerprint density at radius 2 is 1.82 bits per heavy atom. The van der Waals surface area contributed by atoms with Crippen LogP contribution in [0.5, 0.6) is 5.75 Å². The summed E-state index contributed by atoms with van der Waals surface area (Å²) >= 11 is 5.67. The normalized spacial score (nSPS) is 10.2. The molecular formula is C12H8ClNO3. The molecule has 0 radical (unpaired) electrons. The number of pyridine rings is 1. The van der Waals surface area contributed by atoms with Crippen LogP contribution in [0.4, 0.5) is 0 Å². The molecule has 0 aliphatic heterocycles. The molecule has 0 atom stereocenters. The fourth-order valence-electron chi connectivity index (χ4n) is 1.41.